The topological polar surface area (TPSA) is 128 Å². The van der Waals surface area contributed by atoms with Crippen molar-refractivity contribution in [3.8, 4) is 0 Å². The summed E-state index contributed by atoms with van der Waals surface area (Å²) in [5.74, 6) is -2.40. The number of hydrogen-bond acceptors (Lipinski definition) is 6. The van der Waals surface area contributed by atoms with Crippen LogP contribution in [0.5, 0.6) is 0 Å². The molecule has 2 N–H and O–H groups in total. The number of non-ortho nitro benzene ring substituents is 1. The minimum atomic E-state index is -1.36. The number of ether oxygens (including phenoxy) is 1. The number of benzene rings is 3. The van der Waals surface area contributed by atoms with Crippen molar-refractivity contribution >= 4 is 64.0 Å². The number of nitro benzene ring substituents is 1. The van der Waals surface area contributed by atoms with Crippen molar-refractivity contribution in [1.82, 2.24) is 5.32 Å². The normalized spacial score (nSPS) is 11.3. The molecule has 12 heteroatoms. The molecule has 9 nitrogen and oxygen atoms in total. The van der Waals surface area contributed by atoms with Crippen LogP contribution >= 0.6 is 34.8 Å². The second-order valence-corrected chi connectivity index (χ2v) is 8.38. The standard InChI is InChI=1S/C23H16Cl3N3O6/c24-15-6-14(7-19(11-15)29(33)34)22(31)27-12-20(30)35-21(13-4-2-1-3-5-13)23(32)28-18-9-16(25)8-17(26)10-18/h1-11,21H,12H2,(H,27,31)(H,28,32)/t21-/m0/s1. The van der Waals surface area contributed by atoms with E-state index in [-0.39, 0.29) is 16.3 Å². The fourth-order valence-corrected chi connectivity index (χ4v) is 3.73. The number of halogens is 3. The Hall–Kier alpha value is -3.66. The first-order chi connectivity index (χ1) is 16.6. The third-order valence-corrected chi connectivity index (χ3v) is 5.12. The van der Waals surface area contributed by atoms with E-state index in [1.54, 1.807) is 30.3 Å². The number of hydrogen-bond donors (Lipinski definition) is 2. The first-order valence-electron chi connectivity index (χ1n) is 9.87. The SMILES string of the molecule is O=C(CNC(=O)c1cc(Cl)cc([N+](=O)[O-])c1)O[C@H](C(=O)Nc1cc(Cl)cc(Cl)c1)c1ccccc1. The van der Waals surface area contributed by atoms with Gasteiger partial charge in [-0.2, -0.15) is 0 Å². The highest BCUT2D eigenvalue weighted by atomic mass is 35.5. The summed E-state index contributed by atoms with van der Waals surface area (Å²) in [7, 11) is 0. The summed E-state index contributed by atoms with van der Waals surface area (Å²) in [5, 5.41) is 16.4. The van der Waals surface area contributed by atoms with Crippen LogP contribution in [0.15, 0.2) is 66.7 Å². The molecular weight excluding hydrogens is 521 g/mol. The maximum Gasteiger partial charge on any atom is 0.326 e. The first kappa shape index (κ1) is 26.0. The molecule has 35 heavy (non-hydrogen) atoms. The van der Waals surface area contributed by atoms with E-state index in [2.05, 4.69) is 10.6 Å². The number of carbonyl (C=O) groups is 3. The number of rotatable bonds is 8. The summed E-state index contributed by atoms with van der Waals surface area (Å²) in [5.41, 5.74) is 0.169. The van der Waals surface area contributed by atoms with Crippen LogP contribution in [0.4, 0.5) is 11.4 Å². The van der Waals surface area contributed by atoms with Gasteiger partial charge in [0.05, 0.1) is 4.92 Å². The molecule has 0 saturated heterocycles. The summed E-state index contributed by atoms with van der Waals surface area (Å²) in [6.45, 7) is -0.612. The van der Waals surface area contributed by atoms with Crippen molar-refractivity contribution in [1.29, 1.82) is 0 Å². The Kier molecular flexibility index (Phi) is 8.64. The molecule has 3 rings (SSSR count). The Labute approximate surface area is 214 Å². The van der Waals surface area contributed by atoms with Crippen LogP contribution in [0.3, 0.4) is 0 Å². The summed E-state index contributed by atoms with van der Waals surface area (Å²) in [6, 6.07) is 16.0. The highest BCUT2D eigenvalue weighted by molar-refractivity contribution is 6.35. The van der Waals surface area contributed by atoms with Gasteiger partial charge in [0.15, 0.2) is 0 Å². The number of amides is 2. The maximum absolute atomic E-state index is 12.9. The molecule has 0 spiro atoms. The smallest absolute Gasteiger partial charge is 0.326 e. The van der Waals surface area contributed by atoms with Crippen molar-refractivity contribution in [2.24, 2.45) is 0 Å². The molecule has 0 aromatic heterocycles. The Morgan fingerprint density at radius 3 is 2.17 bits per heavy atom. The van der Waals surface area contributed by atoms with Crippen molar-refractivity contribution in [2.45, 2.75) is 6.10 Å². The minimum absolute atomic E-state index is 0.0196. The average Bonchev–Trinajstić information content (AvgIpc) is 2.80. The molecule has 3 aromatic carbocycles. The van der Waals surface area contributed by atoms with Crippen molar-refractivity contribution in [3.63, 3.8) is 0 Å². The predicted octanol–water partition coefficient (Wildman–Crippen LogP) is 5.21. The summed E-state index contributed by atoms with van der Waals surface area (Å²) in [6.07, 6.45) is -1.36. The number of esters is 1. The van der Waals surface area contributed by atoms with Gasteiger partial charge in [0, 0.05) is 44.0 Å². The molecule has 0 heterocycles. The summed E-state index contributed by atoms with van der Waals surface area (Å²) >= 11 is 17.8. The molecule has 0 radical (unpaired) electrons. The van der Waals surface area contributed by atoms with Crippen LogP contribution in [0.2, 0.25) is 15.1 Å². The van der Waals surface area contributed by atoms with E-state index >= 15 is 0 Å². The molecule has 1 atom stereocenters. The van der Waals surface area contributed by atoms with Crippen molar-refractivity contribution in [2.75, 3.05) is 11.9 Å². The van der Waals surface area contributed by atoms with E-state index in [1.807, 2.05) is 0 Å². The quantitative estimate of drug-likeness (QED) is 0.231. The number of nitrogens with one attached hydrogen (secondary N) is 2. The maximum atomic E-state index is 12.9. The second kappa shape index (κ2) is 11.7. The van der Waals surface area contributed by atoms with E-state index in [0.29, 0.717) is 21.3 Å². The van der Waals surface area contributed by atoms with Crippen LogP contribution in [0.1, 0.15) is 22.0 Å². The van der Waals surface area contributed by atoms with E-state index < -0.39 is 35.4 Å². The molecule has 0 aliphatic heterocycles. The third kappa shape index (κ3) is 7.41. The van der Waals surface area contributed by atoms with Gasteiger partial charge in [-0.1, -0.05) is 65.1 Å². The van der Waals surface area contributed by atoms with Crippen LogP contribution in [-0.4, -0.2) is 29.3 Å². The highest BCUT2D eigenvalue weighted by Crippen LogP contribution is 2.25. The van der Waals surface area contributed by atoms with Crippen LogP contribution < -0.4 is 10.6 Å². The van der Waals surface area contributed by atoms with E-state index in [9.17, 15) is 24.5 Å². The van der Waals surface area contributed by atoms with Gasteiger partial charge in [-0.25, -0.2) is 0 Å². The zero-order valence-electron chi connectivity index (χ0n) is 17.7. The monoisotopic (exact) mass is 535 g/mol. The molecule has 0 aliphatic rings. The van der Waals surface area contributed by atoms with Gasteiger partial charge in [-0.15, -0.1) is 0 Å². The van der Waals surface area contributed by atoms with Crippen molar-refractivity contribution in [3.05, 3.63) is 103 Å². The van der Waals surface area contributed by atoms with Gasteiger partial charge in [-0.05, 0) is 24.3 Å². The molecule has 3 aromatic rings. The minimum Gasteiger partial charge on any atom is -0.446 e. The summed E-state index contributed by atoms with van der Waals surface area (Å²) in [4.78, 5) is 48.0. The largest absolute Gasteiger partial charge is 0.446 e. The average molecular weight is 537 g/mol. The van der Waals surface area contributed by atoms with Gasteiger partial charge >= 0.3 is 5.97 Å². The van der Waals surface area contributed by atoms with Gasteiger partial charge < -0.3 is 15.4 Å². The van der Waals surface area contributed by atoms with Crippen LogP contribution in [0, 0.1) is 10.1 Å². The molecule has 180 valence electrons. The fourth-order valence-electron chi connectivity index (χ4n) is 2.97. The second-order valence-electron chi connectivity index (χ2n) is 7.07. The lowest BCUT2D eigenvalue weighted by atomic mass is 10.1. The molecule has 0 bridgehead atoms. The Balaban J connectivity index is 1.71. The summed E-state index contributed by atoms with van der Waals surface area (Å²) < 4.78 is 5.34. The number of carbonyl (C=O) groups excluding carboxylic acids is 3. The Bertz CT molecular complexity index is 1270. The van der Waals surface area contributed by atoms with Gasteiger partial charge in [0.1, 0.15) is 6.54 Å². The molecule has 0 aliphatic carbocycles. The zero-order valence-corrected chi connectivity index (χ0v) is 19.9. The highest BCUT2D eigenvalue weighted by Gasteiger charge is 2.26. The van der Waals surface area contributed by atoms with E-state index in [1.165, 1.54) is 24.3 Å². The first-order valence-corrected chi connectivity index (χ1v) is 11.0. The van der Waals surface area contributed by atoms with Gasteiger partial charge in [0.2, 0.25) is 6.10 Å². The van der Waals surface area contributed by atoms with E-state index in [4.69, 9.17) is 39.5 Å². The number of nitro groups is 1. The molecule has 2 amide bonds. The molecule has 0 unspecified atom stereocenters. The third-order valence-electron chi connectivity index (χ3n) is 4.47. The molecule has 0 fully saturated rings. The zero-order chi connectivity index (χ0) is 25.5. The number of anilines is 1. The van der Waals surface area contributed by atoms with Gasteiger partial charge in [0.25, 0.3) is 17.5 Å². The Morgan fingerprint density at radius 1 is 0.914 bits per heavy atom. The lowest BCUT2D eigenvalue weighted by molar-refractivity contribution is -0.384. The van der Waals surface area contributed by atoms with Crippen LogP contribution in [0.25, 0.3) is 0 Å². The Morgan fingerprint density at radius 2 is 1.54 bits per heavy atom. The lowest BCUT2D eigenvalue weighted by Gasteiger charge is -2.18. The number of nitrogens with zero attached hydrogens (tertiary/aromatic N) is 1. The fraction of sp³-hybridized carbons (Fsp3) is 0.0870. The predicted molar refractivity (Wildman–Crippen MR) is 131 cm³/mol. The molecule has 0 saturated carbocycles. The lowest BCUT2D eigenvalue weighted by Crippen LogP contribution is -2.33. The van der Waals surface area contributed by atoms with Gasteiger partial charge in [-0.3, -0.25) is 24.5 Å². The molecular formula is C23H16Cl3N3O6. The van der Waals surface area contributed by atoms with Crippen LogP contribution in [-0.2, 0) is 14.3 Å². The van der Waals surface area contributed by atoms with Crippen molar-refractivity contribution < 1.29 is 24.0 Å². The van der Waals surface area contributed by atoms with E-state index in [0.717, 1.165) is 12.1 Å².